The maximum atomic E-state index is 5.56. The maximum absolute atomic E-state index is 5.56. The van der Waals surface area contributed by atoms with Crippen molar-refractivity contribution in [1.82, 2.24) is 0 Å². The molecule has 0 N–H and O–H groups in total. The molecule has 0 amide bonds. The summed E-state index contributed by atoms with van der Waals surface area (Å²) in [5.74, 6) is 0.754. The van der Waals surface area contributed by atoms with E-state index in [1.54, 1.807) is 11.3 Å². The number of halogens is 2. The van der Waals surface area contributed by atoms with Crippen LogP contribution in [0.1, 0.15) is 11.3 Å². The van der Waals surface area contributed by atoms with Gasteiger partial charge in [-0.15, -0.1) is 22.9 Å². The van der Waals surface area contributed by atoms with E-state index in [1.807, 2.05) is 0 Å². The van der Waals surface area contributed by atoms with Crippen molar-refractivity contribution in [3.63, 3.8) is 0 Å². The lowest BCUT2D eigenvalue weighted by Crippen LogP contribution is -1.81. The van der Waals surface area contributed by atoms with E-state index in [9.17, 15) is 0 Å². The average molecular weight is 240 g/mol. The van der Waals surface area contributed by atoms with Crippen molar-refractivity contribution in [2.75, 3.05) is 5.88 Å². The molecule has 0 bridgehead atoms. The number of aryl methyl sites for hydroxylation is 1. The predicted molar refractivity (Wildman–Crippen MR) is 51.1 cm³/mol. The van der Waals surface area contributed by atoms with Crippen LogP contribution in [0.15, 0.2) is 15.9 Å². The van der Waals surface area contributed by atoms with Crippen molar-refractivity contribution in [2.24, 2.45) is 0 Å². The quantitative estimate of drug-likeness (QED) is 0.706. The third kappa shape index (κ3) is 2.26. The molecule has 0 saturated heterocycles. The van der Waals surface area contributed by atoms with Crippen LogP contribution in [0.25, 0.3) is 0 Å². The lowest BCUT2D eigenvalue weighted by atomic mass is 10.3. The predicted octanol–water partition coefficient (Wildman–Crippen LogP) is 3.68. The standard InChI is InChI=1S/C7H8BrClS/c8-6-3-5-10-7(6)2-1-4-9/h3,5H,1-2,4H2. The van der Waals surface area contributed by atoms with E-state index in [0.717, 1.165) is 18.7 Å². The normalized spacial score (nSPS) is 10.2. The summed E-state index contributed by atoms with van der Waals surface area (Å²) in [5.41, 5.74) is 0. The highest BCUT2D eigenvalue weighted by Crippen LogP contribution is 2.23. The number of hydrogen-bond acceptors (Lipinski definition) is 1. The topological polar surface area (TPSA) is 0 Å². The molecule has 56 valence electrons. The van der Waals surface area contributed by atoms with Crippen molar-refractivity contribution in [2.45, 2.75) is 12.8 Å². The first kappa shape index (κ1) is 8.57. The van der Waals surface area contributed by atoms with E-state index in [-0.39, 0.29) is 0 Å². The van der Waals surface area contributed by atoms with Crippen LogP contribution in [0.5, 0.6) is 0 Å². The molecule has 0 unspecified atom stereocenters. The highest BCUT2D eigenvalue weighted by atomic mass is 79.9. The summed E-state index contributed by atoms with van der Waals surface area (Å²) in [6.07, 6.45) is 2.17. The van der Waals surface area contributed by atoms with Gasteiger partial charge in [0.2, 0.25) is 0 Å². The van der Waals surface area contributed by atoms with Crippen LogP contribution in [-0.4, -0.2) is 5.88 Å². The largest absolute Gasteiger partial charge is 0.148 e. The second kappa shape index (κ2) is 4.37. The SMILES string of the molecule is ClCCCc1sccc1Br. The van der Waals surface area contributed by atoms with Crippen LogP contribution in [0.2, 0.25) is 0 Å². The summed E-state index contributed by atoms with van der Waals surface area (Å²) in [6, 6.07) is 2.08. The third-order valence-corrected chi connectivity index (χ3v) is 3.48. The van der Waals surface area contributed by atoms with Gasteiger partial charge in [-0.05, 0) is 40.2 Å². The molecule has 0 aliphatic carbocycles. The van der Waals surface area contributed by atoms with Gasteiger partial charge >= 0.3 is 0 Å². The van der Waals surface area contributed by atoms with Crippen LogP contribution in [0.3, 0.4) is 0 Å². The Balaban J connectivity index is 2.49. The Morgan fingerprint density at radius 1 is 1.60 bits per heavy atom. The zero-order valence-electron chi connectivity index (χ0n) is 5.44. The van der Waals surface area contributed by atoms with Gasteiger partial charge < -0.3 is 0 Å². The minimum atomic E-state index is 0.754. The number of thiophene rings is 1. The van der Waals surface area contributed by atoms with Gasteiger partial charge in [-0.3, -0.25) is 0 Å². The summed E-state index contributed by atoms with van der Waals surface area (Å²) >= 11 is 10.8. The molecule has 1 rings (SSSR count). The van der Waals surface area contributed by atoms with Crippen LogP contribution >= 0.6 is 38.9 Å². The van der Waals surface area contributed by atoms with Crippen LogP contribution < -0.4 is 0 Å². The number of alkyl halides is 1. The highest BCUT2D eigenvalue weighted by Gasteiger charge is 1.98. The second-order valence-electron chi connectivity index (χ2n) is 1.98. The fraction of sp³-hybridized carbons (Fsp3) is 0.429. The first-order chi connectivity index (χ1) is 4.84. The van der Waals surface area contributed by atoms with Gasteiger partial charge in [-0.25, -0.2) is 0 Å². The van der Waals surface area contributed by atoms with Crippen molar-refractivity contribution in [1.29, 1.82) is 0 Å². The third-order valence-electron chi connectivity index (χ3n) is 1.23. The van der Waals surface area contributed by atoms with E-state index in [0.29, 0.717) is 0 Å². The smallest absolute Gasteiger partial charge is 0.0314 e. The van der Waals surface area contributed by atoms with E-state index >= 15 is 0 Å². The van der Waals surface area contributed by atoms with Crippen LogP contribution in [0, 0.1) is 0 Å². The molecule has 1 heterocycles. The Kier molecular flexibility index (Phi) is 3.74. The van der Waals surface area contributed by atoms with Crippen molar-refractivity contribution >= 4 is 38.9 Å². The van der Waals surface area contributed by atoms with Gasteiger partial charge in [0.1, 0.15) is 0 Å². The molecular weight excluding hydrogens is 232 g/mol. The fourth-order valence-corrected chi connectivity index (χ4v) is 2.46. The molecule has 0 atom stereocenters. The second-order valence-corrected chi connectivity index (χ2v) is 4.22. The molecule has 1 aromatic heterocycles. The lowest BCUT2D eigenvalue weighted by Gasteiger charge is -1.93. The maximum Gasteiger partial charge on any atom is 0.0314 e. The molecule has 0 spiro atoms. The van der Waals surface area contributed by atoms with E-state index in [1.165, 1.54) is 9.35 Å². The van der Waals surface area contributed by atoms with Gasteiger partial charge in [0.05, 0.1) is 0 Å². The van der Waals surface area contributed by atoms with Gasteiger partial charge in [0.15, 0.2) is 0 Å². The monoisotopic (exact) mass is 238 g/mol. The van der Waals surface area contributed by atoms with Crippen molar-refractivity contribution in [3.05, 3.63) is 20.8 Å². The molecule has 3 heteroatoms. The van der Waals surface area contributed by atoms with Gasteiger partial charge in [-0.2, -0.15) is 0 Å². The van der Waals surface area contributed by atoms with Crippen molar-refractivity contribution < 1.29 is 0 Å². The highest BCUT2D eigenvalue weighted by molar-refractivity contribution is 9.10. The summed E-state index contributed by atoms with van der Waals surface area (Å²) in [6.45, 7) is 0. The first-order valence-electron chi connectivity index (χ1n) is 3.12. The summed E-state index contributed by atoms with van der Waals surface area (Å²) in [4.78, 5) is 1.40. The molecule has 0 aromatic carbocycles. The molecule has 0 aliphatic rings. The average Bonchev–Trinajstić information content (AvgIpc) is 2.31. The zero-order chi connectivity index (χ0) is 7.40. The van der Waals surface area contributed by atoms with Gasteiger partial charge in [0, 0.05) is 15.2 Å². The Bertz CT molecular complexity index is 197. The lowest BCUT2D eigenvalue weighted by molar-refractivity contribution is 0.943. The summed E-state index contributed by atoms with van der Waals surface area (Å²) in [5, 5.41) is 2.09. The van der Waals surface area contributed by atoms with Crippen molar-refractivity contribution in [3.8, 4) is 0 Å². The molecule has 10 heavy (non-hydrogen) atoms. The van der Waals surface area contributed by atoms with E-state index in [2.05, 4.69) is 27.4 Å². The van der Waals surface area contributed by atoms with E-state index < -0.39 is 0 Å². The fourth-order valence-electron chi connectivity index (χ4n) is 0.731. The number of hydrogen-bond donors (Lipinski definition) is 0. The molecule has 0 radical (unpaired) electrons. The Labute approximate surface area is 78.3 Å². The molecule has 0 nitrogen and oxygen atoms in total. The first-order valence-corrected chi connectivity index (χ1v) is 5.33. The molecule has 0 aliphatic heterocycles. The Hall–Kier alpha value is 0.470. The van der Waals surface area contributed by atoms with E-state index in [4.69, 9.17) is 11.6 Å². The zero-order valence-corrected chi connectivity index (χ0v) is 8.60. The Morgan fingerprint density at radius 3 is 2.90 bits per heavy atom. The minimum absolute atomic E-state index is 0.754. The summed E-state index contributed by atoms with van der Waals surface area (Å²) < 4.78 is 1.22. The number of rotatable bonds is 3. The van der Waals surface area contributed by atoms with Gasteiger partial charge in [0.25, 0.3) is 0 Å². The molecule has 0 saturated carbocycles. The van der Waals surface area contributed by atoms with Crippen LogP contribution in [0.4, 0.5) is 0 Å². The molecular formula is C7H8BrClS. The molecule has 0 fully saturated rings. The Morgan fingerprint density at radius 2 is 2.40 bits per heavy atom. The van der Waals surface area contributed by atoms with Crippen LogP contribution in [-0.2, 0) is 6.42 Å². The summed E-state index contributed by atoms with van der Waals surface area (Å²) in [7, 11) is 0. The van der Waals surface area contributed by atoms with Gasteiger partial charge in [-0.1, -0.05) is 0 Å². The minimum Gasteiger partial charge on any atom is -0.148 e. The molecule has 1 aromatic rings.